The standard InChI is InChI=1S/C22H21ClN2O4S/c23-14-4-5-16-15(13-14)20(26)18-19(17-3-1-12-30-17)25(22(27)21(18)29-16)7-2-6-24-8-10-28-11-9-24/h1,3-5,12-13,19H,2,6-11H2/t19-/m0/s1. The van der Waals surface area contributed by atoms with E-state index in [4.69, 9.17) is 20.8 Å². The van der Waals surface area contributed by atoms with E-state index in [0.29, 0.717) is 28.1 Å². The van der Waals surface area contributed by atoms with E-state index in [9.17, 15) is 9.59 Å². The Hall–Kier alpha value is -2.19. The maximum absolute atomic E-state index is 13.4. The second-order valence-electron chi connectivity index (χ2n) is 7.54. The van der Waals surface area contributed by atoms with Gasteiger partial charge in [-0.05, 0) is 36.1 Å². The highest BCUT2D eigenvalue weighted by atomic mass is 35.5. The van der Waals surface area contributed by atoms with Gasteiger partial charge in [-0.1, -0.05) is 17.7 Å². The average molecular weight is 445 g/mol. The number of nitrogens with zero attached hydrogens (tertiary/aromatic N) is 2. The minimum Gasteiger partial charge on any atom is -0.450 e. The molecule has 1 aromatic carbocycles. The molecule has 6 nitrogen and oxygen atoms in total. The number of morpholine rings is 1. The molecule has 3 aromatic rings. The van der Waals surface area contributed by atoms with Gasteiger partial charge in [-0.2, -0.15) is 0 Å². The normalized spacial score (nSPS) is 19.6. The van der Waals surface area contributed by atoms with Gasteiger partial charge in [-0.3, -0.25) is 14.5 Å². The smallest absolute Gasteiger partial charge is 0.290 e. The minimum absolute atomic E-state index is 0.152. The molecule has 4 heterocycles. The van der Waals surface area contributed by atoms with Gasteiger partial charge in [0.05, 0.1) is 30.2 Å². The van der Waals surface area contributed by atoms with E-state index in [0.717, 1.165) is 44.1 Å². The number of halogens is 1. The molecule has 0 aliphatic carbocycles. The number of rotatable bonds is 5. The number of hydrogen-bond donors (Lipinski definition) is 0. The van der Waals surface area contributed by atoms with Crippen LogP contribution in [-0.2, 0) is 4.74 Å². The number of thiophene rings is 1. The highest BCUT2D eigenvalue weighted by Crippen LogP contribution is 2.40. The summed E-state index contributed by atoms with van der Waals surface area (Å²) in [6.45, 7) is 4.77. The van der Waals surface area contributed by atoms with Crippen LogP contribution in [0.4, 0.5) is 0 Å². The van der Waals surface area contributed by atoms with Crippen molar-refractivity contribution in [1.82, 2.24) is 9.80 Å². The number of hydrogen-bond acceptors (Lipinski definition) is 6. The largest absolute Gasteiger partial charge is 0.450 e. The van der Waals surface area contributed by atoms with Gasteiger partial charge < -0.3 is 14.1 Å². The molecule has 0 N–H and O–H groups in total. The molecular formula is C22H21ClN2O4S. The van der Waals surface area contributed by atoms with Crippen LogP contribution in [0.25, 0.3) is 11.0 Å². The van der Waals surface area contributed by atoms with Crippen LogP contribution >= 0.6 is 22.9 Å². The van der Waals surface area contributed by atoms with E-state index in [1.807, 2.05) is 17.5 Å². The summed E-state index contributed by atoms with van der Waals surface area (Å²) in [5, 5.41) is 2.84. The van der Waals surface area contributed by atoms with Crippen molar-refractivity contribution in [1.29, 1.82) is 0 Å². The molecule has 2 aliphatic rings. The van der Waals surface area contributed by atoms with Crippen molar-refractivity contribution in [2.45, 2.75) is 12.5 Å². The van der Waals surface area contributed by atoms with Gasteiger partial charge >= 0.3 is 0 Å². The molecule has 0 bridgehead atoms. The summed E-state index contributed by atoms with van der Waals surface area (Å²) in [5.74, 6) is -0.0704. The zero-order valence-electron chi connectivity index (χ0n) is 16.3. The Morgan fingerprint density at radius 1 is 1.13 bits per heavy atom. The lowest BCUT2D eigenvalue weighted by Crippen LogP contribution is -2.38. The first-order chi connectivity index (χ1) is 14.6. The molecule has 30 heavy (non-hydrogen) atoms. The number of benzene rings is 1. The van der Waals surface area contributed by atoms with Gasteiger partial charge in [0.2, 0.25) is 5.76 Å². The lowest BCUT2D eigenvalue weighted by molar-refractivity contribution is 0.0354. The van der Waals surface area contributed by atoms with Gasteiger partial charge in [0, 0.05) is 36.1 Å². The number of amides is 1. The molecule has 1 amide bonds. The summed E-state index contributed by atoms with van der Waals surface area (Å²) < 4.78 is 11.3. The third kappa shape index (κ3) is 3.46. The molecule has 0 saturated carbocycles. The van der Waals surface area contributed by atoms with Crippen molar-refractivity contribution in [3.63, 3.8) is 0 Å². The summed E-state index contributed by atoms with van der Waals surface area (Å²) in [4.78, 5) is 31.7. The maximum atomic E-state index is 13.4. The second-order valence-corrected chi connectivity index (χ2v) is 8.95. The Morgan fingerprint density at radius 2 is 1.97 bits per heavy atom. The van der Waals surface area contributed by atoms with Crippen molar-refractivity contribution in [2.24, 2.45) is 0 Å². The lowest BCUT2D eigenvalue weighted by atomic mass is 10.0. The number of carbonyl (C=O) groups is 1. The summed E-state index contributed by atoms with van der Waals surface area (Å²) in [6.07, 6.45) is 0.821. The average Bonchev–Trinajstić information content (AvgIpc) is 3.37. The molecule has 0 radical (unpaired) electrons. The number of fused-ring (bicyclic) bond motifs is 2. The SMILES string of the molecule is O=C1c2oc3ccc(Cl)cc3c(=O)c2[C@H](c2cccs2)N1CCCN1CCOCC1. The lowest BCUT2D eigenvalue weighted by Gasteiger charge is -2.28. The highest BCUT2D eigenvalue weighted by Gasteiger charge is 2.42. The first kappa shape index (κ1) is 19.8. The topological polar surface area (TPSA) is 63.0 Å². The Labute approximate surface area is 182 Å². The molecule has 5 rings (SSSR count). The fraction of sp³-hybridized carbons (Fsp3) is 0.364. The van der Waals surface area contributed by atoms with Gasteiger partial charge in [-0.25, -0.2) is 0 Å². The zero-order chi connectivity index (χ0) is 20.7. The van der Waals surface area contributed by atoms with E-state index in [1.54, 1.807) is 34.4 Å². The van der Waals surface area contributed by atoms with Crippen molar-refractivity contribution >= 4 is 39.8 Å². The predicted molar refractivity (Wildman–Crippen MR) is 117 cm³/mol. The van der Waals surface area contributed by atoms with Crippen molar-refractivity contribution in [2.75, 3.05) is 39.4 Å². The second kappa shape index (κ2) is 8.15. The van der Waals surface area contributed by atoms with Crippen molar-refractivity contribution in [3.8, 4) is 0 Å². The molecule has 2 aliphatic heterocycles. The van der Waals surface area contributed by atoms with E-state index in [2.05, 4.69) is 4.90 Å². The van der Waals surface area contributed by atoms with Crippen LogP contribution in [0.1, 0.15) is 33.5 Å². The Balaban J connectivity index is 1.50. The van der Waals surface area contributed by atoms with Gasteiger partial charge in [0.25, 0.3) is 5.91 Å². The third-order valence-corrected chi connectivity index (χ3v) is 6.88. The molecule has 1 saturated heterocycles. The number of ether oxygens (including phenoxy) is 1. The van der Waals surface area contributed by atoms with E-state index in [-0.39, 0.29) is 17.1 Å². The summed E-state index contributed by atoms with van der Waals surface area (Å²) >= 11 is 7.65. The predicted octanol–water partition coefficient (Wildman–Crippen LogP) is 3.78. The minimum atomic E-state index is -0.420. The first-order valence-electron chi connectivity index (χ1n) is 10.0. The summed E-state index contributed by atoms with van der Waals surface area (Å²) in [7, 11) is 0. The Bertz CT molecular complexity index is 1140. The van der Waals surface area contributed by atoms with Crippen LogP contribution in [-0.4, -0.2) is 55.1 Å². The van der Waals surface area contributed by atoms with Crippen LogP contribution in [0.2, 0.25) is 5.02 Å². The highest BCUT2D eigenvalue weighted by molar-refractivity contribution is 7.10. The molecule has 2 aromatic heterocycles. The first-order valence-corrected chi connectivity index (χ1v) is 11.3. The van der Waals surface area contributed by atoms with Crippen molar-refractivity contribution < 1.29 is 13.9 Å². The zero-order valence-corrected chi connectivity index (χ0v) is 17.9. The van der Waals surface area contributed by atoms with Crippen LogP contribution in [0, 0.1) is 0 Å². The van der Waals surface area contributed by atoms with Gasteiger partial charge in [0.15, 0.2) is 5.43 Å². The molecule has 1 atom stereocenters. The van der Waals surface area contributed by atoms with Crippen LogP contribution in [0.3, 0.4) is 0 Å². The summed E-state index contributed by atoms with van der Waals surface area (Å²) in [6, 6.07) is 8.41. The Morgan fingerprint density at radius 3 is 2.73 bits per heavy atom. The number of carbonyl (C=O) groups excluding carboxylic acids is 1. The Kier molecular flexibility index (Phi) is 5.37. The third-order valence-electron chi connectivity index (χ3n) is 5.72. The van der Waals surface area contributed by atoms with Crippen LogP contribution < -0.4 is 5.43 Å². The molecule has 1 fully saturated rings. The molecule has 0 unspecified atom stereocenters. The monoisotopic (exact) mass is 444 g/mol. The van der Waals surface area contributed by atoms with Crippen LogP contribution in [0.15, 0.2) is 44.9 Å². The molecule has 156 valence electrons. The van der Waals surface area contributed by atoms with Gasteiger partial charge in [0.1, 0.15) is 5.58 Å². The fourth-order valence-corrected chi connectivity index (χ4v) is 5.27. The van der Waals surface area contributed by atoms with E-state index < -0.39 is 6.04 Å². The summed E-state index contributed by atoms with van der Waals surface area (Å²) in [5.41, 5.74) is 0.622. The van der Waals surface area contributed by atoms with Crippen molar-refractivity contribution in [3.05, 3.63) is 67.2 Å². The van der Waals surface area contributed by atoms with Gasteiger partial charge in [-0.15, -0.1) is 11.3 Å². The maximum Gasteiger partial charge on any atom is 0.290 e. The van der Waals surface area contributed by atoms with Crippen LogP contribution in [0.5, 0.6) is 0 Å². The quantitative estimate of drug-likeness (QED) is 0.599. The van der Waals surface area contributed by atoms with E-state index in [1.165, 1.54) is 0 Å². The molecule has 0 spiro atoms. The molecule has 8 heteroatoms. The molecular weight excluding hydrogens is 424 g/mol. The van der Waals surface area contributed by atoms with E-state index >= 15 is 0 Å². The fourth-order valence-electron chi connectivity index (χ4n) is 4.26.